The van der Waals surface area contributed by atoms with Gasteiger partial charge in [0, 0.05) is 13.2 Å². The summed E-state index contributed by atoms with van der Waals surface area (Å²) in [5.41, 5.74) is 1.30. The first-order chi connectivity index (χ1) is 8.50. The molecule has 0 aliphatic rings. The van der Waals surface area contributed by atoms with Gasteiger partial charge in [0.1, 0.15) is 0 Å². The van der Waals surface area contributed by atoms with Gasteiger partial charge in [-0.15, -0.1) is 0 Å². The first-order valence-electron chi connectivity index (χ1n) is 5.11. The minimum absolute atomic E-state index is 0.164. The van der Waals surface area contributed by atoms with Gasteiger partial charge in [0.2, 0.25) is 0 Å². The van der Waals surface area contributed by atoms with Crippen molar-refractivity contribution in [2.75, 3.05) is 5.32 Å². The lowest BCUT2D eigenvalue weighted by Gasteiger charge is -2.04. The number of amides is 1. The van der Waals surface area contributed by atoms with Gasteiger partial charge in [-0.05, 0) is 19.1 Å². The van der Waals surface area contributed by atoms with Gasteiger partial charge in [0.15, 0.2) is 10.8 Å². The Balaban J connectivity index is 2.28. The van der Waals surface area contributed by atoms with Crippen LogP contribution in [-0.2, 0) is 7.05 Å². The smallest absolute Gasteiger partial charge is 0.277 e. The first-order valence-corrected chi connectivity index (χ1v) is 5.87. The van der Waals surface area contributed by atoms with Crippen LogP contribution in [0.1, 0.15) is 16.2 Å². The Kier molecular flexibility index (Phi) is 3.54. The zero-order valence-electron chi connectivity index (χ0n) is 9.74. The molecule has 0 bridgehead atoms. The molecule has 0 fully saturated rings. The fraction of sp³-hybridized carbons (Fsp3) is 0.182. The molecule has 0 saturated carbocycles. The monoisotopic (exact) mass is 284 g/mol. The number of hydrogen-bond acceptors (Lipinski definition) is 3. The van der Waals surface area contributed by atoms with Crippen LogP contribution in [0.2, 0.25) is 10.2 Å². The number of hydrogen-bond donors (Lipinski definition) is 1. The lowest BCUT2D eigenvalue weighted by atomic mass is 10.3. The number of aryl methyl sites for hydroxylation is 1. The molecule has 18 heavy (non-hydrogen) atoms. The predicted molar refractivity (Wildman–Crippen MR) is 70.2 cm³/mol. The second-order valence-corrected chi connectivity index (χ2v) is 4.40. The molecule has 0 radical (unpaired) electrons. The van der Waals surface area contributed by atoms with E-state index in [2.05, 4.69) is 15.4 Å². The van der Waals surface area contributed by atoms with E-state index < -0.39 is 5.91 Å². The van der Waals surface area contributed by atoms with Crippen molar-refractivity contribution in [1.82, 2.24) is 14.8 Å². The molecule has 2 heterocycles. The molecule has 1 N–H and O–H groups in total. The lowest BCUT2D eigenvalue weighted by Crippen LogP contribution is -2.14. The third kappa shape index (κ3) is 2.32. The molecule has 0 aliphatic carbocycles. The molecule has 0 aromatic carbocycles. The molecule has 5 nitrogen and oxygen atoms in total. The molecule has 7 heteroatoms. The van der Waals surface area contributed by atoms with Gasteiger partial charge in [-0.1, -0.05) is 23.2 Å². The number of carbonyl (C=O) groups excluding carboxylic acids is 1. The number of rotatable bonds is 2. The van der Waals surface area contributed by atoms with Crippen LogP contribution < -0.4 is 5.32 Å². The summed E-state index contributed by atoms with van der Waals surface area (Å²) >= 11 is 11.9. The Morgan fingerprint density at radius 3 is 2.72 bits per heavy atom. The van der Waals surface area contributed by atoms with E-state index in [1.54, 1.807) is 30.8 Å². The van der Waals surface area contributed by atoms with E-state index in [1.807, 2.05) is 0 Å². The molecule has 2 rings (SSSR count). The minimum atomic E-state index is -0.418. The summed E-state index contributed by atoms with van der Waals surface area (Å²) in [6.45, 7) is 1.78. The molecular formula is C11H10Cl2N4O. The van der Waals surface area contributed by atoms with Gasteiger partial charge < -0.3 is 5.32 Å². The molecule has 0 atom stereocenters. The van der Waals surface area contributed by atoms with Crippen molar-refractivity contribution >= 4 is 34.8 Å². The summed E-state index contributed by atoms with van der Waals surface area (Å²) < 4.78 is 1.54. The molecular weight excluding hydrogens is 275 g/mol. The van der Waals surface area contributed by atoms with Crippen LogP contribution in [-0.4, -0.2) is 20.7 Å². The fourth-order valence-electron chi connectivity index (χ4n) is 1.39. The highest BCUT2D eigenvalue weighted by Crippen LogP contribution is 2.22. The van der Waals surface area contributed by atoms with Gasteiger partial charge in [-0.2, -0.15) is 5.10 Å². The number of aromatic nitrogens is 3. The number of pyridine rings is 1. The molecule has 0 aliphatic heterocycles. The van der Waals surface area contributed by atoms with Crippen LogP contribution in [0.15, 0.2) is 18.3 Å². The molecule has 94 valence electrons. The van der Waals surface area contributed by atoms with Crippen molar-refractivity contribution < 1.29 is 4.79 Å². The Bertz CT molecular complexity index is 609. The van der Waals surface area contributed by atoms with Gasteiger partial charge in [0.05, 0.1) is 16.4 Å². The summed E-state index contributed by atoms with van der Waals surface area (Å²) in [4.78, 5) is 15.9. The van der Waals surface area contributed by atoms with E-state index in [4.69, 9.17) is 23.2 Å². The van der Waals surface area contributed by atoms with Crippen LogP contribution in [0.5, 0.6) is 0 Å². The minimum Gasteiger partial charge on any atom is -0.318 e. The van der Waals surface area contributed by atoms with Crippen LogP contribution >= 0.6 is 23.2 Å². The zero-order chi connectivity index (χ0) is 13.3. The highest BCUT2D eigenvalue weighted by Gasteiger charge is 2.18. The predicted octanol–water partition coefficient (Wildman–Crippen LogP) is 2.68. The third-order valence-electron chi connectivity index (χ3n) is 2.48. The average molecular weight is 285 g/mol. The maximum absolute atomic E-state index is 12.0. The topological polar surface area (TPSA) is 59.8 Å². The largest absolute Gasteiger partial charge is 0.318 e. The Labute approximate surface area is 114 Å². The Hall–Kier alpha value is -1.59. The normalized spacial score (nSPS) is 10.4. The third-order valence-corrected chi connectivity index (χ3v) is 3.24. The lowest BCUT2D eigenvalue weighted by molar-refractivity contribution is 0.102. The van der Waals surface area contributed by atoms with Crippen molar-refractivity contribution in [3.63, 3.8) is 0 Å². The number of nitrogens with one attached hydrogen (secondary N) is 1. The zero-order valence-corrected chi connectivity index (χ0v) is 11.2. The van der Waals surface area contributed by atoms with Gasteiger partial charge in [-0.25, -0.2) is 4.98 Å². The average Bonchev–Trinajstić information content (AvgIpc) is 2.60. The van der Waals surface area contributed by atoms with Crippen molar-refractivity contribution in [2.45, 2.75) is 6.92 Å². The standard InChI is InChI=1S/C11H10Cl2N4O/c1-6-8(12)9(16-17(6)2)11(18)15-7-4-3-5-14-10(7)13/h3-5H,1-2H3,(H,15,18). The van der Waals surface area contributed by atoms with E-state index in [-0.39, 0.29) is 10.8 Å². The molecule has 0 spiro atoms. The van der Waals surface area contributed by atoms with E-state index in [9.17, 15) is 4.79 Å². The SMILES string of the molecule is Cc1c(Cl)c(C(=O)Nc2cccnc2Cl)nn1C. The van der Waals surface area contributed by atoms with Crippen molar-refractivity contribution in [3.05, 3.63) is 39.9 Å². The van der Waals surface area contributed by atoms with Crippen molar-refractivity contribution in [2.24, 2.45) is 7.05 Å². The second kappa shape index (κ2) is 4.96. The van der Waals surface area contributed by atoms with Gasteiger partial charge in [-0.3, -0.25) is 9.48 Å². The van der Waals surface area contributed by atoms with Gasteiger partial charge in [0.25, 0.3) is 5.91 Å². The van der Waals surface area contributed by atoms with E-state index >= 15 is 0 Å². The second-order valence-electron chi connectivity index (χ2n) is 3.67. The van der Waals surface area contributed by atoms with E-state index in [0.717, 1.165) is 5.69 Å². The van der Waals surface area contributed by atoms with Gasteiger partial charge >= 0.3 is 0 Å². The summed E-state index contributed by atoms with van der Waals surface area (Å²) in [6, 6.07) is 3.32. The Morgan fingerprint density at radius 1 is 1.44 bits per heavy atom. The van der Waals surface area contributed by atoms with Crippen LogP contribution in [0.25, 0.3) is 0 Å². The summed E-state index contributed by atoms with van der Waals surface area (Å²) in [7, 11) is 1.72. The van der Waals surface area contributed by atoms with Crippen LogP contribution in [0, 0.1) is 6.92 Å². The maximum atomic E-state index is 12.0. The fourth-order valence-corrected chi connectivity index (χ4v) is 1.80. The summed E-state index contributed by atoms with van der Waals surface area (Å²) in [5, 5.41) is 7.20. The summed E-state index contributed by atoms with van der Waals surface area (Å²) in [6.07, 6.45) is 1.54. The van der Waals surface area contributed by atoms with Crippen LogP contribution in [0.4, 0.5) is 5.69 Å². The highest BCUT2D eigenvalue weighted by atomic mass is 35.5. The molecule has 0 unspecified atom stereocenters. The summed E-state index contributed by atoms with van der Waals surface area (Å²) in [5.74, 6) is -0.418. The van der Waals surface area contributed by atoms with Crippen LogP contribution in [0.3, 0.4) is 0 Å². The molecule has 2 aromatic rings. The van der Waals surface area contributed by atoms with Crippen molar-refractivity contribution in [1.29, 1.82) is 0 Å². The number of anilines is 1. The Morgan fingerprint density at radius 2 is 2.17 bits per heavy atom. The quantitative estimate of drug-likeness (QED) is 0.863. The molecule has 0 saturated heterocycles. The van der Waals surface area contributed by atoms with Crippen molar-refractivity contribution in [3.8, 4) is 0 Å². The number of halogens is 2. The molecule has 1 amide bonds. The highest BCUT2D eigenvalue weighted by molar-refractivity contribution is 6.35. The first kappa shape index (κ1) is 12.9. The van der Waals surface area contributed by atoms with E-state index in [0.29, 0.717) is 10.7 Å². The molecule has 2 aromatic heterocycles. The number of nitrogens with zero attached hydrogens (tertiary/aromatic N) is 3. The maximum Gasteiger partial charge on any atom is 0.277 e. The number of carbonyl (C=O) groups is 1. The van der Waals surface area contributed by atoms with E-state index in [1.165, 1.54) is 6.20 Å².